The Morgan fingerprint density at radius 2 is 2.29 bits per heavy atom. The number of anilines is 1. The molecule has 14 heavy (non-hydrogen) atoms. The number of halogens is 1. The summed E-state index contributed by atoms with van der Waals surface area (Å²) < 4.78 is 1.84. The number of nitrogens with zero attached hydrogens (tertiary/aromatic N) is 2. The van der Waals surface area contributed by atoms with E-state index in [9.17, 15) is 0 Å². The average molecular weight is 208 g/mol. The smallest absolute Gasteiger partial charge is 0.0660 e. The number of rotatable bonds is 2. The monoisotopic (exact) mass is 207 g/mol. The summed E-state index contributed by atoms with van der Waals surface area (Å²) in [6.07, 6.45) is 3.66. The fraction of sp³-hybridized carbons (Fsp3) is 0.100. The van der Waals surface area contributed by atoms with Gasteiger partial charge in [0.15, 0.2) is 0 Å². The van der Waals surface area contributed by atoms with Gasteiger partial charge in [0.2, 0.25) is 0 Å². The van der Waals surface area contributed by atoms with Gasteiger partial charge < -0.3 is 5.73 Å². The van der Waals surface area contributed by atoms with Crippen molar-refractivity contribution in [1.29, 1.82) is 0 Å². The van der Waals surface area contributed by atoms with Crippen LogP contribution in [0.4, 0.5) is 5.69 Å². The molecule has 2 N–H and O–H groups in total. The maximum absolute atomic E-state index is 5.82. The number of benzene rings is 1. The summed E-state index contributed by atoms with van der Waals surface area (Å²) in [5.74, 6) is 0. The van der Waals surface area contributed by atoms with Crippen LogP contribution in [0.5, 0.6) is 0 Å². The highest BCUT2D eigenvalue weighted by Crippen LogP contribution is 2.19. The van der Waals surface area contributed by atoms with Crippen molar-refractivity contribution in [3.63, 3.8) is 0 Å². The molecule has 0 fully saturated rings. The fourth-order valence-electron chi connectivity index (χ4n) is 1.27. The zero-order valence-electron chi connectivity index (χ0n) is 7.52. The Morgan fingerprint density at radius 3 is 2.93 bits per heavy atom. The lowest BCUT2D eigenvalue weighted by atomic mass is 10.2. The molecule has 0 spiro atoms. The molecule has 0 bridgehead atoms. The first kappa shape index (κ1) is 9.09. The van der Waals surface area contributed by atoms with E-state index < -0.39 is 0 Å². The number of hydrogen-bond acceptors (Lipinski definition) is 2. The van der Waals surface area contributed by atoms with Gasteiger partial charge in [-0.2, -0.15) is 5.10 Å². The van der Waals surface area contributed by atoms with Crippen molar-refractivity contribution in [2.24, 2.45) is 0 Å². The number of nitrogen functional groups attached to an aromatic ring is 1. The van der Waals surface area contributed by atoms with Gasteiger partial charge in [-0.1, -0.05) is 17.7 Å². The molecule has 0 saturated heterocycles. The highest BCUT2D eigenvalue weighted by atomic mass is 35.5. The molecule has 0 unspecified atom stereocenters. The van der Waals surface area contributed by atoms with E-state index in [0.29, 0.717) is 17.3 Å². The molecular formula is C10H10ClN3. The van der Waals surface area contributed by atoms with E-state index in [0.717, 1.165) is 5.56 Å². The molecule has 2 aromatic rings. The van der Waals surface area contributed by atoms with Gasteiger partial charge in [0, 0.05) is 12.4 Å². The van der Waals surface area contributed by atoms with Crippen LogP contribution in [0.2, 0.25) is 5.02 Å². The molecule has 0 aliphatic rings. The lowest BCUT2D eigenvalue weighted by Gasteiger charge is -2.04. The average Bonchev–Trinajstić information content (AvgIpc) is 2.64. The predicted molar refractivity (Wildman–Crippen MR) is 57.2 cm³/mol. The Morgan fingerprint density at radius 1 is 1.43 bits per heavy atom. The second kappa shape index (κ2) is 3.72. The molecule has 1 aromatic carbocycles. The van der Waals surface area contributed by atoms with Crippen LogP contribution in [0.1, 0.15) is 5.56 Å². The highest BCUT2D eigenvalue weighted by Gasteiger charge is 1.99. The molecule has 2 rings (SSSR count). The molecule has 3 nitrogen and oxygen atoms in total. The number of hydrogen-bond donors (Lipinski definition) is 1. The highest BCUT2D eigenvalue weighted by molar-refractivity contribution is 6.33. The molecule has 0 atom stereocenters. The summed E-state index contributed by atoms with van der Waals surface area (Å²) in [5.41, 5.74) is 7.39. The normalized spacial score (nSPS) is 10.4. The van der Waals surface area contributed by atoms with Crippen LogP contribution in [0, 0.1) is 0 Å². The summed E-state index contributed by atoms with van der Waals surface area (Å²) >= 11 is 5.82. The van der Waals surface area contributed by atoms with Crippen molar-refractivity contribution >= 4 is 17.3 Å². The van der Waals surface area contributed by atoms with Gasteiger partial charge in [0.1, 0.15) is 0 Å². The van der Waals surface area contributed by atoms with Gasteiger partial charge in [-0.3, -0.25) is 4.68 Å². The lowest BCUT2D eigenvalue weighted by Crippen LogP contribution is -2.00. The zero-order chi connectivity index (χ0) is 9.97. The van der Waals surface area contributed by atoms with E-state index in [1.165, 1.54) is 0 Å². The molecule has 0 aliphatic carbocycles. The van der Waals surface area contributed by atoms with Crippen LogP contribution in [0.25, 0.3) is 0 Å². The van der Waals surface area contributed by atoms with Gasteiger partial charge in [0.25, 0.3) is 0 Å². The van der Waals surface area contributed by atoms with E-state index in [1.807, 2.05) is 29.1 Å². The third-order valence-electron chi connectivity index (χ3n) is 1.96. The standard InChI is InChI=1S/C10H10ClN3/c11-9-3-2-8(6-10(9)12)7-14-5-1-4-13-14/h1-6H,7,12H2. The summed E-state index contributed by atoms with van der Waals surface area (Å²) in [5, 5.41) is 4.70. The van der Waals surface area contributed by atoms with Crippen molar-refractivity contribution in [1.82, 2.24) is 9.78 Å². The molecule has 0 amide bonds. The summed E-state index contributed by atoms with van der Waals surface area (Å²) in [7, 11) is 0. The van der Waals surface area contributed by atoms with Crippen molar-refractivity contribution in [3.8, 4) is 0 Å². The number of aromatic nitrogens is 2. The SMILES string of the molecule is Nc1cc(Cn2cccn2)ccc1Cl. The van der Waals surface area contributed by atoms with E-state index in [-0.39, 0.29) is 0 Å². The van der Waals surface area contributed by atoms with Gasteiger partial charge in [-0.25, -0.2) is 0 Å². The van der Waals surface area contributed by atoms with E-state index >= 15 is 0 Å². The zero-order valence-corrected chi connectivity index (χ0v) is 8.28. The van der Waals surface area contributed by atoms with Crippen LogP contribution in [-0.2, 0) is 6.54 Å². The number of nitrogens with two attached hydrogens (primary N) is 1. The van der Waals surface area contributed by atoms with Crippen LogP contribution < -0.4 is 5.73 Å². The Hall–Kier alpha value is -1.48. The van der Waals surface area contributed by atoms with Crippen LogP contribution in [0.15, 0.2) is 36.7 Å². The third kappa shape index (κ3) is 1.88. The molecule has 72 valence electrons. The topological polar surface area (TPSA) is 43.8 Å². The second-order valence-electron chi connectivity index (χ2n) is 3.06. The van der Waals surface area contributed by atoms with E-state index in [2.05, 4.69) is 5.10 Å². The quantitative estimate of drug-likeness (QED) is 0.767. The van der Waals surface area contributed by atoms with Crippen molar-refractivity contribution in [2.75, 3.05) is 5.73 Å². The van der Waals surface area contributed by atoms with Crippen molar-refractivity contribution in [3.05, 3.63) is 47.2 Å². The van der Waals surface area contributed by atoms with E-state index in [1.54, 1.807) is 12.3 Å². The lowest BCUT2D eigenvalue weighted by molar-refractivity contribution is 0.687. The van der Waals surface area contributed by atoms with Crippen LogP contribution >= 0.6 is 11.6 Å². The Kier molecular flexibility index (Phi) is 2.41. The minimum absolute atomic E-state index is 0.592. The first-order valence-electron chi connectivity index (χ1n) is 4.27. The largest absolute Gasteiger partial charge is 0.398 e. The van der Waals surface area contributed by atoms with Crippen LogP contribution in [-0.4, -0.2) is 9.78 Å². The van der Waals surface area contributed by atoms with Crippen molar-refractivity contribution in [2.45, 2.75) is 6.54 Å². The maximum Gasteiger partial charge on any atom is 0.0660 e. The third-order valence-corrected chi connectivity index (χ3v) is 2.31. The van der Waals surface area contributed by atoms with Gasteiger partial charge in [-0.05, 0) is 23.8 Å². The summed E-state index contributed by atoms with van der Waals surface area (Å²) in [6.45, 7) is 0.717. The summed E-state index contributed by atoms with van der Waals surface area (Å²) in [4.78, 5) is 0. The maximum atomic E-state index is 5.82. The minimum atomic E-state index is 0.592. The molecule has 0 saturated carbocycles. The summed E-state index contributed by atoms with van der Waals surface area (Å²) in [6, 6.07) is 7.50. The Labute approximate surface area is 87.1 Å². The predicted octanol–water partition coefficient (Wildman–Crippen LogP) is 2.17. The molecule has 0 aliphatic heterocycles. The molecule has 4 heteroatoms. The first-order valence-corrected chi connectivity index (χ1v) is 4.65. The Balaban J connectivity index is 2.22. The molecular weight excluding hydrogens is 198 g/mol. The molecule has 1 heterocycles. The second-order valence-corrected chi connectivity index (χ2v) is 3.47. The van der Waals surface area contributed by atoms with Gasteiger partial charge in [-0.15, -0.1) is 0 Å². The van der Waals surface area contributed by atoms with Crippen molar-refractivity contribution < 1.29 is 0 Å². The first-order chi connectivity index (χ1) is 6.75. The Bertz CT molecular complexity index is 423. The molecule has 1 aromatic heterocycles. The minimum Gasteiger partial charge on any atom is -0.398 e. The molecule has 0 radical (unpaired) electrons. The van der Waals surface area contributed by atoms with Gasteiger partial charge >= 0.3 is 0 Å². The fourth-order valence-corrected chi connectivity index (χ4v) is 1.39. The van der Waals surface area contributed by atoms with Crippen LogP contribution in [0.3, 0.4) is 0 Å². The van der Waals surface area contributed by atoms with E-state index in [4.69, 9.17) is 17.3 Å². The van der Waals surface area contributed by atoms with Gasteiger partial charge in [0.05, 0.1) is 17.3 Å².